The number of alkyl halides is 3. The van der Waals surface area contributed by atoms with E-state index in [1.807, 2.05) is 19.1 Å². The van der Waals surface area contributed by atoms with Crippen molar-refractivity contribution in [2.75, 3.05) is 0 Å². The molecule has 0 spiro atoms. The van der Waals surface area contributed by atoms with Crippen molar-refractivity contribution in [3.63, 3.8) is 0 Å². The quantitative estimate of drug-likeness (QED) is 0.505. The van der Waals surface area contributed by atoms with Crippen LogP contribution in [0.4, 0.5) is 13.2 Å². The first kappa shape index (κ1) is 19.6. The SMILES string of the molecule is CCc1ccnc(-c2noc(-c3cn[nH]c3COc3ccc(C(F)(F)F)cn3)n2)c1. The van der Waals surface area contributed by atoms with Gasteiger partial charge in [0.05, 0.1) is 23.0 Å². The Hall–Kier alpha value is -3.76. The zero-order valence-corrected chi connectivity index (χ0v) is 15.6. The van der Waals surface area contributed by atoms with Crippen LogP contribution >= 0.6 is 0 Å². The maximum absolute atomic E-state index is 12.6. The lowest BCUT2D eigenvalue weighted by molar-refractivity contribution is -0.137. The molecule has 0 aromatic carbocycles. The van der Waals surface area contributed by atoms with E-state index in [9.17, 15) is 13.2 Å². The van der Waals surface area contributed by atoms with Crippen LogP contribution in [0.3, 0.4) is 0 Å². The number of pyridine rings is 2. The number of nitrogens with zero attached hydrogens (tertiary/aromatic N) is 5. The molecule has 0 bridgehead atoms. The van der Waals surface area contributed by atoms with Gasteiger partial charge in [0.15, 0.2) is 0 Å². The summed E-state index contributed by atoms with van der Waals surface area (Å²) < 4.78 is 48.6. The summed E-state index contributed by atoms with van der Waals surface area (Å²) in [4.78, 5) is 12.3. The summed E-state index contributed by atoms with van der Waals surface area (Å²) in [7, 11) is 0. The summed E-state index contributed by atoms with van der Waals surface area (Å²) in [5.41, 5.74) is 1.83. The number of nitrogens with one attached hydrogen (secondary N) is 1. The largest absolute Gasteiger partial charge is 0.471 e. The standard InChI is InChI=1S/C19H15F3N6O2/c1-2-11-5-6-23-14(7-11)17-26-18(30-28-17)13-9-25-27-15(13)10-29-16-4-3-12(8-24-16)19(20,21)22/h3-9H,2,10H2,1H3,(H,25,27). The highest BCUT2D eigenvalue weighted by Crippen LogP contribution is 2.29. The Labute approximate surface area is 168 Å². The maximum atomic E-state index is 12.6. The number of aromatic nitrogens is 6. The van der Waals surface area contributed by atoms with Crippen molar-refractivity contribution in [3.05, 3.63) is 59.7 Å². The first-order chi connectivity index (χ1) is 14.4. The van der Waals surface area contributed by atoms with Crippen molar-refractivity contribution in [2.24, 2.45) is 0 Å². The van der Waals surface area contributed by atoms with Gasteiger partial charge in [0.1, 0.15) is 12.3 Å². The highest BCUT2D eigenvalue weighted by atomic mass is 19.4. The fourth-order valence-corrected chi connectivity index (χ4v) is 2.64. The summed E-state index contributed by atoms with van der Waals surface area (Å²) in [6.07, 6.45) is 0.278. The van der Waals surface area contributed by atoms with Gasteiger partial charge >= 0.3 is 6.18 Å². The van der Waals surface area contributed by atoms with E-state index < -0.39 is 11.7 Å². The summed E-state index contributed by atoms with van der Waals surface area (Å²) in [5, 5.41) is 10.7. The number of ether oxygens (including phenoxy) is 1. The van der Waals surface area contributed by atoms with E-state index in [1.54, 1.807) is 6.20 Å². The molecule has 0 unspecified atom stereocenters. The second-order valence-corrected chi connectivity index (χ2v) is 6.26. The zero-order valence-electron chi connectivity index (χ0n) is 15.6. The van der Waals surface area contributed by atoms with Crippen LogP contribution in [0.2, 0.25) is 0 Å². The van der Waals surface area contributed by atoms with Gasteiger partial charge in [-0.15, -0.1) is 0 Å². The molecule has 0 saturated carbocycles. The molecule has 11 heteroatoms. The number of H-pyrrole nitrogens is 1. The minimum atomic E-state index is -4.46. The van der Waals surface area contributed by atoms with Crippen LogP contribution in [0.1, 0.15) is 23.7 Å². The van der Waals surface area contributed by atoms with Crippen LogP contribution < -0.4 is 4.74 Å². The molecule has 0 fully saturated rings. The van der Waals surface area contributed by atoms with Crippen LogP contribution in [-0.4, -0.2) is 30.3 Å². The lowest BCUT2D eigenvalue weighted by atomic mass is 10.2. The van der Waals surface area contributed by atoms with Gasteiger partial charge in [0.25, 0.3) is 5.89 Å². The highest BCUT2D eigenvalue weighted by molar-refractivity contribution is 5.59. The third kappa shape index (κ3) is 4.14. The highest BCUT2D eigenvalue weighted by Gasteiger charge is 2.30. The molecule has 4 aromatic rings. The normalized spacial score (nSPS) is 11.6. The molecule has 0 radical (unpaired) electrons. The van der Waals surface area contributed by atoms with E-state index in [0.717, 1.165) is 24.1 Å². The molecule has 30 heavy (non-hydrogen) atoms. The molecule has 0 amide bonds. The topological polar surface area (TPSA) is 103 Å². The first-order valence-corrected chi connectivity index (χ1v) is 8.91. The van der Waals surface area contributed by atoms with E-state index >= 15 is 0 Å². The molecular formula is C19H15F3N6O2. The number of halogens is 3. The molecule has 154 valence electrons. The molecule has 4 rings (SSSR count). The Morgan fingerprint density at radius 3 is 2.73 bits per heavy atom. The Balaban J connectivity index is 1.49. The predicted molar refractivity (Wildman–Crippen MR) is 98.1 cm³/mol. The van der Waals surface area contributed by atoms with E-state index in [-0.39, 0.29) is 18.4 Å². The number of hydrogen-bond acceptors (Lipinski definition) is 7. The van der Waals surface area contributed by atoms with Gasteiger partial charge in [-0.3, -0.25) is 10.1 Å². The second kappa shape index (κ2) is 7.93. The fraction of sp³-hybridized carbons (Fsp3) is 0.211. The van der Waals surface area contributed by atoms with Crippen molar-refractivity contribution in [2.45, 2.75) is 26.1 Å². The molecule has 0 aliphatic carbocycles. The maximum Gasteiger partial charge on any atom is 0.417 e. The monoisotopic (exact) mass is 416 g/mol. The van der Waals surface area contributed by atoms with Gasteiger partial charge in [-0.2, -0.15) is 23.3 Å². The molecule has 8 nitrogen and oxygen atoms in total. The van der Waals surface area contributed by atoms with Crippen molar-refractivity contribution in [1.82, 2.24) is 30.3 Å². The van der Waals surface area contributed by atoms with Gasteiger partial charge in [-0.25, -0.2) is 4.98 Å². The van der Waals surface area contributed by atoms with Gasteiger partial charge in [0.2, 0.25) is 11.7 Å². The smallest absolute Gasteiger partial charge is 0.417 e. The predicted octanol–water partition coefficient (Wildman–Crippen LogP) is 4.08. The molecule has 0 aliphatic heterocycles. The zero-order chi connectivity index (χ0) is 21.1. The number of rotatable bonds is 6. The average Bonchev–Trinajstić information content (AvgIpc) is 3.41. The minimum Gasteiger partial charge on any atom is -0.471 e. The van der Waals surface area contributed by atoms with Gasteiger partial charge in [0, 0.05) is 18.5 Å². The summed E-state index contributed by atoms with van der Waals surface area (Å²) >= 11 is 0. The molecule has 0 saturated heterocycles. The Morgan fingerprint density at radius 2 is 2.00 bits per heavy atom. The summed E-state index contributed by atoms with van der Waals surface area (Å²) in [6, 6.07) is 5.84. The van der Waals surface area contributed by atoms with E-state index in [4.69, 9.17) is 9.26 Å². The van der Waals surface area contributed by atoms with E-state index in [2.05, 4.69) is 30.3 Å². The lowest BCUT2D eigenvalue weighted by Gasteiger charge is -2.08. The lowest BCUT2D eigenvalue weighted by Crippen LogP contribution is -2.06. The van der Waals surface area contributed by atoms with Gasteiger partial charge in [-0.1, -0.05) is 12.1 Å². The van der Waals surface area contributed by atoms with E-state index in [0.29, 0.717) is 29.0 Å². The van der Waals surface area contributed by atoms with Crippen LogP contribution in [0.15, 0.2) is 47.4 Å². The van der Waals surface area contributed by atoms with Crippen molar-refractivity contribution in [1.29, 1.82) is 0 Å². The average molecular weight is 416 g/mol. The number of aryl methyl sites for hydroxylation is 1. The number of hydrogen-bond donors (Lipinski definition) is 1. The van der Waals surface area contributed by atoms with E-state index in [1.165, 1.54) is 6.20 Å². The molecular weight excluding hydrogens is 401 g/mol. The minimum absolute atomic E-state index is 0.0328. The van der Waals surface area contributed by atoms with Crippen molar-refractivity contribution < 1.29 is 22.4 Å². The van der Waals surface area contributed by atoms with Crippen LogP contribution in [0, 0.1) is 0 Å². The third-order valence-electron chi connectivity index (χ3n) is 4.26. The van der Waals surface area contributed by atoms with Crippen molar-refractivity contribution in [3.8, 4) is 28.9 Å². The third-order valence-corrected chi connectivity index (χ3v) is 4.26. The summed E-state index contributed by atoms with van der Waals surface area (Å²) in [6.45, 7) is 2.00. The van der Waals surface area contributed by atoms with Crippen LogP contribution in [0.5, 0.6) is 5.88 Å². The Morgan fingerprint density at radius 1 is 1.13 bits per heavy atom. The Bertz CT molecular complexity index is 1140. The second-order valence-electron chi connectivity index (χ2n) is 6.26. The molecule has 4 heterocycles. The fourth-order valence-electron chi connectivity index (χ4n) is 2.64. The van der Waals surface area contributed by atoms with Gasteiger partial charge in [-0.05, 0) is 30.2 Å². The molecule has 0 atom stereocenters. The molecule has 4 aromatic heterocycles. The number of aromatic amines is 1. The Kier molecular flexibility index (Phi) is 5.17. The van der Waals surface area contributed by atoms with Crippen molar-refractivity contribution >= 4 is 0 Å². The summed E-state index contributed by atoms with van der Waals surface area (Å²) in [5.74, 6) is 0.578. The van der Waals surface area contributed by atoms with Gasteiger partial charge < -0.3 is 9.26 Å². The van der Waals surface area contributed by atoms with Crippen LogP contribution in [0.25, 0.3) is 23.0 Å². The molecule has 0 aliphatic rings. The van der Waals surface area contributed by atoms with Crippen LogP contribution in [-0.2, 0) is 19.2 Å². The molecule has 1 N–H and O–H groups in total. The first-order valence-electron chi connectivity index (χ1n) is 8.91.